The molecule has 0 saturated carbocycles. The number of aliphatic hydroxyl groups is 1. The minimum Gasteiger partial charge on any atom is -0.488 e. The molecular weight excluding hydrogens is 554 g/mol. The molecule has 3 aromatic rings. The van der Waals surface area contributed by atoms with E-state index in [-0.39, 0.29) is 48.9 Å². The summed E-state index contributed by atoms with van der Waals surface area (Å²) in [5, 5.41) is 14.7. The summed E-state index contributed by atoms with van der Waals surface area (Å²) in [5.74, 6) is 0.248. The van der Waals surface area contributed by atoms with Gasteiger partial charge in [-0.3, -0.25) is 4.79 Å². The molecule has 1 heterocycles. The Bertz CT molecular complexity index is 1380. The van der Waals surface area contributed by atoms with Gasteiger partial charge in [-0.15, -0.1) is 0 Å². The molecule has 0 spiro atoms. The van der Waals surface area contributed by atoms with E-state index in [1.807, 2.05) is 49.4 Å². The number of benzene rings is 3. The Morgan fingerprint density at radius 2 is 1.71 bits per heavy atom. The minimum atomic E-state index is -3.95. The van der Waals surface area contributed by atoms with Crippen LogP contribution in [0.25, 0.3) is 0 Å². The van der Waals surface area contributed by atoms with E-state index in [4.69, 9.17) is 15.2 Å². The second kappa shape index (κ2) is 14.3. The first-order valence-corrected chi connectivity index (χ1v) is 15.7. The van der Waals surface area contributed by atoms with Crippen LogP contribution < -0.4 is 15.8 Å². The molecule has 0 aromatic heterocycles. The van der Waals surface area contributed by atoms with Crippen molar-refractivity contribution in [2.75, 3.05) is 32.8 Å². The van der Waals surface area contributed by atoms with Crippen LogP contribution in [-0.2, 0) is 31.5 Å². The molecule has 9 nitrogen and oxygen atoms in total. The van der Waals surface area contributed by atoms with Gasteiger partial charge in [0, 0.05) is 19.5 Å². The summed E-state index contributed by atoms with van der Waals surface area (Å²) < 4.78 is 39.8. The lowest BCUT2D eigenvalue weighted by Crippen LogP contribution is -2.56. The molecule has 0 bridgehead atoms. The third-order valence-electron chi connectivity index (χ3n) is 7.59. The van der Waals surface area contributed by atoms with Crippen LogP contribution in [0.2, 0.25) is 0 Å². The lowest BCUT2D eigenvalue weighted by molar-refractivity contribution is -0.124. The van der Waals surface area contributed by atoms with E-state index in [1.54, 1.807) is 37.3 Å². The third kappa shape index (κ3) is 7.96. The molecule has 4 rings (SSSR count). The zero-order chi connectivity index (χ0) is 30.2. The average molecular weight is 596 g/mol. The third-order valence-corrected chi connectivity index (χ3v) is 9.44. The molecule has 42 heavy (non-hydrogen) atoms. The van der Waals surface area contributed by atoms with Crippen molar-refractivity contribution in [1.29, 1.82) is 0 Å². The van der Waals surface area contributed by atoms with Gasteiger partial charge in [0.25, 0.3) is 0 Å². The van der Waals surface area contributed by atoms with Gasteiger partial charge in [-0.1, -0.05) is 67.6 Å². The summed E-state index contributed by atoms with van der Waals surface area (Å²) in [6.07, 6.45) is -0.333. The number of hydrogen-bond acceptors (Lipinski definition) is 7. The molecule has 1 aliphatic rings. The number of nitrogens with zero attached hydrogens (tertiary/aromatic N) is 1. The molecule has 1 aliphatic heterocycles. The summed E-state index contributed by atoms with van der Waals surface area (Å²) in [6, 6.07) is 24.5. The Balaban J connectivity index is 1.54. The van der Waals surface area contributed by atoms with Crippen LogP contribution >= 0.6 is 0 Å². The van der Waals surface area contributed by atoms with Crippen molar-refractivity contribution in [2.24, 2.45) is 11.7 Å². The summed E-state index contributed by atoms with van der Waals surface area (Å²) in [4.78, 5) is 13.5. The summed E-state index contributed by atoms with van der Waals surface area (Å²) in [5.41, 5.74) is 5.98. The lowest BCUT2D eigenvalue weighted by Gasteiger charge is -2.38. The number of rotatable bonds is 14. The van der Waals surface area contributed by atoms with E-state index in [0.717, 1.165) is 12.0 Å². The number of carbonyl (C=O) groups is 1. The Labute approximate surface area is 248 Å². The van der Waals surface area contributed by atoms with Crippen molar-refractivity contribution < 1.29 is 27.8 Å². The second-order valence-corrected chi connectivity index (χ2v) is 13.0. The first-order valence-electron chi connectivity index (χ1n) is 14.2. The van der Waals surface area contributed by atoms with Gasteiger partial charge in [0.05, 0.1) is 36.2 Å². The van der Waals surface area contributed by atoms with E-state index in [9.17, 15) is 18.3 Å². The number of amides is 1. The van der Waals surface area contributed by atoms with Gasteiger partial charge in [0.2, 0.25) is 15.9 Å². The van der Waals surface area contributed by atoms with Gasteiger partial charge < -0.3 is 25.6 Å². The Hall–Kier alpha value is -3.28. The normalized spacial score (nSPS) is 18.3. The van der Waals surface area contributed by atoms with Gasteiger partial charge in [0.15, 0.2) is 0 Å². The van der Waals surface area contributed by atoms with Gasteiger partial charge in [-0.25, -0.2) is 8.42 Å². The summed E-state index contributed by atoms with van der Waals surface area (Å²) in [6.45, 7) is 4.98. The minimum absolute atomic E-state index is 0.0327. The smallest absolute Gasteiger partial charge is 0.243 e. The van der Waals surface area contributed by atoms with Crippen LogP contribution in [0.15, 0.2) is 89.8 Å². The van der Waals surface area contributed by atoms with Gasteiger partial charge in [-0.2, -0.15) is 4.31 Å². The second-order valence-electron chi connectivity index (χ2n) is 11.0. The van der Waals surface area contributed by atoms with Crippen LogP contribution in [0.5, 0.6) is 5.75 Å². The fourth-order valence-corrected chi connectivity index (χ4v) is 6.53. The molecule has 1 unspecified atom stereocenters. The van der Waals surface area contributed by atoms with Crippen molar-refractivity contribution in [3.63, 3.8) is 0 Å². The number of carbonyl (C=O) groups excluding carboxylic acids is 1. The van der Waals surface area contributed by atoms with Crippen LogP contribution in [0.3, 0.4) is 0 Å². The zero-order valence-electron chi connectivity index (χ0n) is 24.2. The van der Waals surface area contributed by atoms with E-state index in [1.165, 1.54) is 16.4 Å². The molecule has 0 radical (unpaired) electrons. The monoisotopic (exact) mass is 595 g/mol. The highest BCUT2D eigenvalue weighted by atomic mass is 32.2. The quantitative estimate of drug-likeness (QED) is 0.261. The van der Waals surface area contributed by atoms with E-state index in [2.05, 4.69) is 5.32 Å². The maximum atomic E-state index is 13.7. The van der Waals surface area contributed by atoms with Crippen molar-refractivity contribution in [2.45, 2.75) is 49.3 Å². The molecule has 226 valence electrons. The number of nitrogens with two attached hydrogens (primary N) is 1. The lowest BCUT2D eigenvalue weighted by atomic mass is 9.85. The molecule has 1 fully saturated rings. The van der Waals surface area contributed by atoms with Gasteiger partial charge >= 0.3 is 0 Å². The fourth-order valence-electron chi connectivity index (χ4n) is 4.95. The first kappa shape index (κ1) is 31.7. The molecule has 10 heteroatoms. The van der Waals surface area contributed by atoms with Gasteiger partial charge in [-0.05, 0) is 54.8 Å². The van der Waals surface area contributed by atoms with Gasteiger partial charge in [0.1, 0.15) is 11.9 Å². The fraction of sp³-hybridized carbons (Fsp3) is 0.406. The maximum Gasteiger partial charge on any atom is 0.243 e. The largest absolute Gasteiger partial charge is 0.488 e. The molecular formula is C32H41N3O6S. The van der Waals surface area contributed by atoms with Crippen LogP contribution in [-0.4, -0.2) is 68.8 Å². The van der Waals surface area contributed by atoms with E-state index < -0.39 is 21.7 Å². The van der Waals surface area contributed by atoms with Crippen molar-refractivity contribution in [3.05, 3.63) is 96.1 Å². The standard InChI is InChI=1S/C32H41N3O6S/c1-24(20-33)21-35(42(38,39)29-11-7-4-8-12-29)22-30(36)32(2,26-9-5-3-6-10-26)34-31(37)19-25-13-15-27(16-14-25)41-28-17-18-40-23-28/h3-16,24,28,30,36H,17-23,33H2,1-2H3,(H,34,37)/t24?,28-,30+,32-/m0/s1. The molecule has 0 aliphatic carbocycles. The van der Waals surface area contributed by atoms with Crippen molar-refractivity contribution >= 4 is 15.9 Å². The average Bonchev–Trinajstić information content (AvgIpc) is 3.51. The molecule has 1 amide bonds. The Morgan fingerprint density at radius 1 is 1.07 bits per heavy atom. The highest BCUT2D eigenvalue weighted by molar-refractivity contribution is 7.89. The predicted octanol–water partition coefficient (Wildman–Crippen LogP) is 3.08. The predicted molar refractivity (Wildman–Crippen MR) is 161 cm³/mol. The number of aliphatic hydroxyl groups excluding tert-OH is 1. The molecule has 4 atom stereocenters. The molecule has 3 aromatic carbocycles. The SMILES string of the molecule is CC(CN)CN(C[C@@H](O)[C@@](C)(NC(=O)Cc1ccc(O[C@H]2CCOC2)cc1)c1ccccc1)S(=O)(=O)c1ccccc1. The van der Waals surface area contributed by atoms with E-state index in [0.29, 0.717) is 24.5 Å². The van der Waals surface area contributed by atoms with E-state index >= 15 is 0 Å². The molecule has 4 N–H and O–H groups in total. The highest BCUT2D eigenvalue weighted by Crippen LogP contribution is 2.28. The van der Waals surface area contributed by atoms with Crippen LogP contribution in [0.1, 0.15) is 31.4 Å². The first-order chi connectivity index (χ1) is 20.1. The van der Waals surface area contributed by atoms with Crippen molar-refractivity contribution in [1.82, 2.24) is 9.62 Å². The van der Waals surface area contributed by atoms with Crippen LogP contribution in [0, 0.1) is 5.92 Å². The van der Waals surface area contributed by atoms with Crippen LogP contribution in [0.4, 0.5) is 0 Å². The Morgan fingerprint density at radius 3 is 2.31 bits per heavy atom. The number of sulfonamides is 1. The summed E-state index contributed by atoms with van der Waals surface area (Å²) >= 11 is 0. The topological polar surface area (TPSA) is 131 Å². The molecule has 1 saturated heterocycles. The summed E-state index contributed by atoms with van der Waals surface area (Å²) in [7, 11) is -3.95. The Kier molecular flexibility index (Phi) is 10.7. The number of hydrogen-bond donors (Lipinski definition) is 3. The number of nitrogens with one attached hydrogen (secondary N) is 1. The van der Waals surface area contributed by atoms with Crippen molar-refractivity contribution in [3.8, 4) is 5.75 Å². The maximum absolute atomic E-state index is 13.7. The number of ether oxygens (including phenoxy) is 2. The highest BCUT2D eigenvalue weighted by Gasteiger charge is 2.40. The zero-order valence-corrected chi connectivity index (χ0v) is 25.0.